The summed E-state index contributed by atoms with van der Waals surface area (Å²) in [5, 5.41) is 5.78. The number of nitrogens with zero attached hydrogens (tertiary/aromatic N) is 3. The number of aromatic nitrogens is 1. The number of para-hydroxylation sites is 2. The van der Waals surface area contributed by atoms with E-state index in [-0.39, 0.29) is 42.2 Å². The molecule has 4 amide bonds. The highest BCUT2D eigenvalue weighted by molar-refractivity contribution is 7.20. The number of nitrogens with one attached hydrogen (secondary N) is 2. The second kappa shape index (κ2) is 13.8. The maximum Gasteiger partial charge on any atom is 0.408 e. The molecule has 2 N–H and O–H groups in total. The number of thiazole rings is 1. The van der Waals surface area contributed by atoms with Crippen molar-refractivity contribution >= 4 is 56.8 Å². The number of anilines is 1. The van der Waals surface area contributed by atoms with Gasteiger partial charge in [-0.2, -0.15) is 0 Å². The van der Waals surface area contributed by atoms with Crippen molar-refractivity contribution in [2.45, 2.75) is 63.8 Å². The number of benzene rings is 3. The molecule has 0 saturated carbocycles. The number of alkyl carbamates (subject to hydrolysis) is 1. The lowest BCUT2D eigenvalue weighted by atomic mass is 9.79. The number of rotatable bonds is 10. The van der Waals surface area contributed by atoms with Gasteiger partial charge in [0.05, 0.1) is 21.7 Å². The largest absolute Gasteiger partial charge is 0.445 e. The third-order valence-electron chi connectivity index (χ3n) is 9.29. The van der Waals surface area contributed by atoms with Gasteiger partial charge in [-0.15, -0.1) is 11.3 Å². The van der Waals surface area contributed by atoms with E-state index in [2.05, 4.69) is 15.6 Å². The van der Waals surface area contributed by atoms with Crippen molar-refractivity contribution in [2.24, 2.45) is 5.92 Å². The molecule has 3 heterocycles. The van der Waals surface area contributed by atoms with Crippen LogP contribution in [0.1, 0.15) is 54.5 Å². The van der Waals surface area contributed by atoms with Crippen molar-refractivity contribution in [1.29, 1.82) is 0 Å². The number of ether oxygens (including phenoxy) is 1. The Morgan fingerprint density at radius 2 is 1.71 bits per heavy atom. The van der Waals surface area contributed by atoms with Crippen molar-refractivity contribution in [3.05, 3.63) is 95.0 Å². The molecule has 2 aliphatic rings. The third kappa shape index (κ3) is 6.65. The van der Waals surface area contributed by atoms with E-state index in [1.807, 2.05) is 92.7 Å². The molecule has 1 saturated heterocycles. The van der Waals surface area contributed by atoms with Gasteiger partial charge >= 0.3 is 6.09 Å². The molecular weight excluding hydrogens is 643 g/mol. The monoisotopic (exact) mass is 681 g/mol. The molecule has 11 nitrogen and oxygen atoms in total. The topological polar surface area (TPSA) is 138 Å². The molecule has 2 aliphatic heterocycles. The van der Waals surface area contributed by atoms with Crippen molar-refractivity contribution in [1.82, 2.24) is 20.1 Å². The molecular formula is C37H39N5O6S. The quantitative estimate of drug-likeness (QED) is 0.221. The number of carbonyl (C=O) groups is 5. The van der Waals surface area contributed by atoms with Crippen LogP contribution in [0.4, 0.5) is 10.5 Å². The number of amides is 4. The van der Waals surface area contributed by atoms with Crippen molar-refractivity contribution in [3.63, 3.8) is 0 Å². The van der Waals surface area contributed by atoms with Gasteiger partial charge in [-0.05, 0) is 55.0 Å². The summed E-state index contributed by atoms with van der Waals surface area (Å²) in [6.07, 6.45) is -0.396. The van der Waals surface area contributed by atoms with E-state index < -0.39 is 41.4 Å². The summed E-state index contributed by atoms with van der Waals surface area (Å²) in [5.74, 6) is -1.58. The van der Waals surface area contributed by atoms with Crippen molar-refractivity contribution in [3.8, 4) is 0 Å². The maximum absolute atomic E-state index is 14.7. The number of fused-ring (bicyclic) bond motifs is 3. The Morgan fingerprint density at radius 3 is 2.45 bits per heavy atom. The van der Waals surface area contributed by atoms with Crippen LogP contribution in [-0.2, 0) is 31.1 Å². The molecule has 6 rings (SSSR count). The van der Waals surface area contributed by atoms with Crippen LogP contribution in [0.2, 0.25) is 0 Å². The molecule has 4 aromatic rings. The molecule has 0 radical (unpaired) electrons. The van der Waals surface area contributed by atoms with Crippen LogP contribution >= 0.6 is 11.3 Å². The normalized spacial score (nSPS) is 19.4. The molecule has 1 spiro atoms. The molecule has 4 atom stereocenters. The van der Waals surface area contributed by atoms with Gasteiger partial charge < -0.3 is 25.2 Å². The summed E-state index contributed by atoms with van der Waals surface area (Å²) in [5.41, 5.74) is 1.71. The van der Waals surface area contributed by atoms with Crippen LogP contribution in [0.3, 0.4) is 0 Å². The fourth-order valence-electron chi connectivity index (χ4n) is 6.75. The zero-order valence-electron chi connectivity index (χ0n) is 27.8. The summed E-state index contributed by atoms with van der Waals surface area (Å²) >= 11 is 1.25. The lowest BCUT2D eigenvalue weighted by Gasteiger charge is -2.35. The van der Waals surface area contributed by atoms with Gasteiger partial charge in [0.25, 0.3) is 0 Å². The molecule has 0 aliphatic carbocycles. The first-order valence-corrected chi connectivity index (χ1v) is 17.1. The number of hydrogen-bond acceptors (Lipinski definition) is 8. The third-order valence-corrected chi connectivity index (χ3v) is 10.3. The first-order chi connectivity index (χ1) is 23.5. The zero-order chi connectivity index (χ0) is 34.9. The number of hydrogen-bond donors (Lipinski definition) is 2. The van der Waals surface area contributed by atoms with Gasteiger partial charge in [-0.1, -0.05) is 74.5 Å². The summed E-state index contributed by atoms with van der Waals surface area (Å²) in [7, 11) is 1.52. The lowest BCUT2D eigenvalue weighted by Crippen LogP contribution is -2.56. The molecule has 0 unspecified atom stereocenters. The predicted molar refractivity (Wildman–Crippen MR) is 186 cm³/mol. The van der Waals surface area contributed by atoms with Crippen LogP contribution in [0.15, 0.2) is 78.9 Å². The second-order valence-electron chi connectivity index (χ2n) is 13.1. The fourth-order valence-corrected chi connectivity index (χ4v) is 7.70. The Balaban J connectivity index is 1.27. The maximum atomic E-state index is 14.7. The Morgan fingerprint density at radius 1 is 1.02 bits per heavy atom. The Bertz CT molecular complexity index is 1880. The lowest BCUT2D eigenvalue weighted by molar-refractivity contribution is -0.146. The minimum absolute atomic E-state index is 0.00575. The minimum Gasteiger partial charge on any atom is -0.445 e. The first kappa shape index (κ1) is 33.8. The summed E-state index contributed by atoms with van der Waals surface area (Å²) in [4.78, 5) is 76.5. The molecule has 1 aromatic heterocycles. The van der Waals surface area contributed by atoms with Gasteiger partial charge in [-0.3, -0.25) is 19.2 Å². The van der Waals surface area contributed by atoms with Gasteiger partial charge in [0.1, 0.15) is 18.7 Å². The van der Waals surface area contributed by atoms with E-state index in [0.717, 1.165) is 15.8 Å². The first-order valence-electron chi connectivity index (χ1n) is 16.3. The molecule has 3 aromatic carbocycles. The van der Waals surface area contributed by atoms with E-state index in [9.17, 15) is 24.0 Å². The van der Waals surface area contributed by atoms with Crippen LogP contribution < -0.4 is 10.6 Å². The van der Waals surface area contributed by atoms with Crippen molar-refractivity contribution in [2.75, 3.05) is 18.9 Å². The van der Waals surface area contributed by atoms with E-state index >= 15 is 0 Å². The van der Waals surface area contributed by atoms with Gasteiger partial charge in [-0.25, -0.2) is 9.78 Å². The smallest absolute Gasteiger partial charge is 0.408 e. The number of likely N-dealkylation sites (tertiary alicyclic amines) is 1. The average molecular weight is 682 g/mol. The molecule has 12 heteroatoms. The zero-order valence-corrected chi connectivity index (χ0v) is 28.7. The Hall–Kier alpha value is -5.10. The van der Waals surface area contributed by atoms with E-state index in [0.29, 0.717) is 17.6 Å². The molecule has 49 heavy (non-hydrogen) atoms. The van der Waals surface area contributed by atoms with Crippen molar-refractivity contribution < 1.29 is 28.7 Å². The molecule has 1 fully saturated rings. The summed E-state index contributed by atoms with van der Waals surface area (Å²) in [6, 6.07) is 21.0. The Kier molecular flexibility index (Phi) is 9.51. The Labute approximate surface area is 288 Å². The van der Waals surface area contributed by atoms with Crippen LogP contribution in [-0.4, -0.2) is 76.1 Å². The van der Waals surface area contributed by atoms with Crippen LogP contribution in [0.5, 0.6) is 0 Å². The standard InChI is InChI=1S/C37H39N5O6S/c1-22(2)18-28(41(4)33(44)23(3)38-36(47)48-20-24-12-6-5-7-13-24)34(45)42-21-37(25-14-8-9-15-26(25)40-35(37)46)19-29(42)31(43)32-39-27-16-10-11-17-30(27)49-32/h5-17,22-23,28-29H,18-21H2,1-4H3,(H,38,47)(H,40,46)/t23-,28-,29-,37-/m0/s1. The number of ketones is 1. The van der Waals surface area contributed by atoms with E-state index in [1.54, 1.807) is 0 Å². The second-order valence-corrected chi connectivity index (χ2v) is 14.2. The fraction of sp³-hybridized carbons (Fsp3) is 0.351. The van der Waals surface area contributed by atoms with E-state index in [1.165, 1.54) is 35.1 Å². The van der Waals surface area contributed by atoms with Crippen LogP contribution in [0.25, 0.3) is 10.2 Å². The number of carbonyl (C=O) groups excluding carboxylic acids is 5. The number of Topliss-reactive ketones (excluding diaryl/α,β-unsaturated/α-hetero) is 1. The SMILES string of the molecule is CC(C)C[C@@H](C(=O)N1C[C@]2(C[C@H]1C(=O)c1nc3ccccc3s1)C(=O)Nc1ccccc12)N(C)C(=O)[C@H](C)NC(=O)OCc1ccccc1. The van der Waals surface area contributed by atoms with Crippen LogP contribution in [0, 0.1) is 5.92 Å². The average Bonchev–Trinajstić information content (AvgIpc) is 3.79. The summed E-state index contributed by atoms with van der Waals surface area (Å²) < 4.78 is 6.14. The van der Waals surface area contributed by atoms with Gasteiger partial charge in [0, 0.05) is 19.3 Å². The predicted octanol–water partition coefficient (Wildman–Crippen LogP) is 5.16. The molecule has 254 valence electrons. The van der Waals surface area contributed by atoms with Gasteiger partial charge in [0.2, 0.25) is 23.5 Å². The minimum atomic E-state index is -1.15. The highest BCUT2D eigenvalue weighted by atomic mass is 32.1. The molecule has 0 bridgehead atoms. The number of likely N-dealkylation sites (N-methyl/N-ethyl adjacent to an activating group) is 1. The van der Waals surface area contributed by atoms with Gasteiger partial charge in [0.15, 0.2) is 5.01 Å². The van der Waals surface area contributed by atoms with E-state index in [4.69, 9.17) is 4.74 Å². The summed E-state index contributed by atoms with van der Waals surface area (Å²) in [6.45, 7) is 5.42. The highest BCUT2D eigenvalue weighted by Gasteiger charge is 2.58. The highest BCUT2D eigenvalue weighted by Crippen LogP contribution is 2.47.